The Morgan fingerprint density at radius 2 is 2.20 bits per heavy atom. The van der Waals surface area contributed by atoms with E-state index in [0.29, 0.717) is 24.0 Å². The first-order valence-corrected chi connectivity index (χ1v) is 4.55. The number of rotatable bonds is 3. The van der Waals surface area contributed by atoms with E-state index in [1.165, 1.54) is 0 Å². The number of hydrogen-bond donors (Lipinski definition) is 0. The number of aromatic nitrogens is 3. The third-order valence-corrected chi connectivity index (χ3v) is 1.86. The van der Waals surface area contributed by atoms with Gasteiger partial charge in [-0.05, 0) is 12.1 Å². The van der Waals surface area contributed by atoms with Crippen LogP contribution in [0.2, 0.25) is 0 Å². The van der Waals surface area contributed by atoms with Crippen LogP contribution >= 0.6 is 0 Å². The van der Waals surface area contributed by atoms with Gasteiger partial charge in [0.05, 0.1) is 12.3 Å². The molecule has 0 bridgehead atoms. The molecule has 0 fully saturated rings. The summed E-state index contributed by atoms with van der Waals surface area (Å²) in [5.74, 6) is 1.04. The lowest BCUT2D eigenvalue weighted by molar-refractivity contribution is 0.181. The summed E-state index contributed by atoms with van der Waals surface area (Å²) in [5.41, 5.74) is 1.54. The van der Waals surface area contributed by atoms with Crippen LogP contribution in [0.4, 0.5) is 0 Å². The molecule has 78 valence electrons. The number of pyridine rings is 1. The first-order chi connectivity index (χ1) is 7.29. The average Bonchev–Trinajstić information content (AvgIpc) is 2.66. The summed E-state index contributed by atoms with van der Waals surface area (Å²) < 4.78 is 9.88. The predicted octanol–water partition coefficient (Wildman–Crippen LogP) is 1.59. The van der Waals surface area contributed by atoms with Crippen LogP contribution in [0.25, 0.3) is 11.5 Å². The molecule has 0 aromatic carbocycles. The first-order valence-electron chi connectivity index (χ1n) is 4.55. The lowest BCUT2D eigenvalue weighted by Gasteiger charge is -1.99. The topological polar surface area (TPSA) is 61.0 Å². The van der Waals surface area contributed by atoms with Gasteiger partial charge < -0.3 is 9.26 Å². The van der Waals surface area contributed by atoms with E-state index in [9.17, 15) is 0 Å². The van der Waals surface area contributed by atoms with Gasteiger partial charge in [-0.2, -0.15) is 4.98 Å². The standard InChI is InChI=1S/C10H11N3O2/c1-7-11-10(13-15-7)9-5-3-4-8(12-9)6-14-2/h3-5H,6H2,1-2H3. The highest BCUT2D eigenvalue weighted by molar-refractivity contribution is 5.47. The second kappa shape index (κ2) is 4.18. The quantitative estimate of drug-likeness (QED) is 0.761. The molecule has 0 spiro atoms. The predicted molar refractivity (Wildman–Crippen MR) is 53.0 cm³/mol. The third-order valence-electron chi connectivity index (χ3n) is 1.86. The van der Waals surface area contributed by atoms with Gasteiger partial charge in [-0.1, -0.05) is 11.2 Å². The van der Waals surface area contributed by atoms with Crippen LogP contribution in [0.5, 0.6) is 0 Å². The molecule has 5 nitrogen and oxygen atoms in total. The molecule has 0 aliphatic rings. The Balaban J connectivity index is 2.32. The monoisotopic (exact) mass is 205 g/mol. The molecule has 2 rings (SSSR count). The SMILES string of the molecule is COCc1cccc(-c2noc(C)n2)n1. The summed E-state index contributed by atoms with van der Waals surface area (Å²) in [6, 6.07) is 5.62. The highest BCUT2D eigenvalue weighted by Gasteiger charge is 2.07. The van der Waals surface area contributed by atoms with Crippen molar-refractivity contribution in [1.29, 1.82) is 0 Å². The Bertz CT molecular complexity index is 453. The summed E-state index contributed by atoms with van der Waals surface area (Å²) in [5, 5.41) is 3.80. The van der Waals surface area contributed by atoms with Crippen LogP contribution in [0.1, 0.15) is 11.6 Å². The molecule has 15 heavy (non-hydrogen) atoms. The van der Waals surface area contributed by atoms with Crippen molar-refractivity contribution >= 4 is 0 Å². The second-order valence-corrected chi connectivity index (χ2v) is 3.08. The Morgan fingerprint density at radius 3 is 2.87 bits per heavy atom. The van der Waals surface area contributed by atoms with Crippen molar-refractivity contribution in [3.05, 3.63) is 29.8 Å². The van der Waals surface area contributed by atoms with E-state index in [1.54, 1.807) is 14.0 Å². The van der Waals surface area contributed by atoms with Crippen molar-refractivity contribution in [1.82, 2.24) is 15.1 Å². The van der Waals surface area contributed by atoms with Gasteiger partial charge in [0.25, 0.3) is 0 Å². The highest BCUT2D eigenvalue weighted by Crippen LogP contribution is 2.13. The van der Waals surface area contributed by atoms with E-state index in [1.807, 2.05) is 18.2 Å². The minimum atomic E-state index is 0.477. The van der Waals surface area contributed by atoms with Gasteiger partial charge in [0.2, 0.25) is 11.7 Å². The number of nitrogens with zero attached hydrogens (tertiary/aromatic N) is 3. The van der Waals surface area contributed by atoms with Crippen molar-refractivity contribution < 1.29 is 9.26 Å². The molecule has 0 radical (unpaired) electrons. The Morgan fingerprint density at radius 1 is 1.33 bits per heavy atom. The highest BCUT2D eigenvalue weighted by atomic mass is 16.5. The van der Waals surface area contributed by atoms with Crippen LogP contribution in [-0.4, -0.2) is 22.2 Å². The summed E-state index contributed by atoms with van der Waals surface area (Å²) >= 11 is 0. The lowest BCUT2D eigenvalue weighted by Crippen LogP contribution is -1.94. The fraction of sp³-hybridized carbons (Fsp3) is 0.300. The molecule has 2 aromatic heterocycles. The van der Waals surface area contributed by atoms with Gasteiger partial charge in [0, 0.05) is 14.0 Å². The zero-order chi connectivity index (χ0) is 10.7. The average molecular weight is 205 g/mol. The zero-order valence-corrected chi connectivity index (χ0v) is 8.60. The van der Waals surface area contributed by atoms with Crippen molar-refractivity contribution in [2.45, 2.75) is 13.5 Å². The van der Waals surface area contributed by atoms with E-state index in [4.69, 9.17) is 9.26 Å². The van der Waals surface area contributed by atoms with Crippen molar-refractivity contribution in [3.8, 4) is 11.5 Å². The molecule has 0 amide bonds. The van der Waals surface area contributed by atoms with E-state index in [-0.39, 0.29) is 0 Å². The number of hydrogen-bond acceptors (Lipinski definition) is 5. The molecule has 5 heteroatoms. The third kappa shape index (κ3) is 2.19. The molecule has 0 unspecified atom stereocenters. The summed E-state index contributed by atoms with van der Waals surface area (Å²) in [6.07, 6.45) is 0. The van der Waals surface area contributed by atoms with E-state index >= 15 is 0 Å². The zero-order valence-electron chi connectivity index (χ0n) is 8.60. The number of methoxy groups -OCH3 is 1. The maximum Gasteiger partial charge on any atom is 0.223 e. The number of ether oxygens (including phenoxy) is 1. The van der Waals surface area contributed by atoms with Crippen LogP contribution < -0.4 is 0 Å². The maximum atomic E-state index is 5.00. The Kier molecular flexibility index (Phi) is 2.73. The molecule has 0 saturated heterocycles. The summed E-state index contributed by atoms with van der Waals surface area (Å²) in [6.45, 7) is 2.22. The Hall–Kier alpha value is -1.75. The molecule has 2 aromatic rings. The molecule has 0 N–H and O–H groups in total. The summed E-state index contributed by atoms with van der Waals surface area (Å²) in [7, 11) is 1.63. The largest absolute Gasteiger partial charge is 0.378 e. The normalized spacial score (nSPS) is 10.5. The molecule has 0 atom stereocenters. The molecular weight excluding hydrogens is 194 g/mol. The Labute approximate surface area is 87.1 Å². The van der Waals surface area contributed by atoms with Crippen LogP contribution in [-0.2, 0) is 11.3 Å². The van der Waals surface area contributed by atoms with Gasteiger partial charge in [0.1, 0.15) is 5.69 Å². The minimum absolute atomic E-state index is 0.477. The molecule has 2 heterocycles. The smallest absolute Gasteiger partial charge is 0.223 e. The fourth-order valence-corrected chi connectivity index (χ4v) is 1.24. The summed E-state index contributed by atoms with van der Waals surface area (Å²) in [4.78, 5) is 8.44. The maximum absolute atomic E-state index is 5.00. The van der Waals surface area contributed by atoms with Crippen LogP contribution in [0, 0.1) is 6.92 Å². The van der Waals surface area contributed by atoms with Crippen molar-refractivity contribution in [2.24, 2.45) is 0 Å². The van der Waals surface area contributed by atoms with Gasteiger partial charge in [0.15, 0.2) is 0 Å². The molecular formula is C10H11N3O2. The second-order valence-electron chi connectivity index (χ2n) is 3.08. The van der Waals surface area contributed by atoms with E-state index in [0.717, 1.165) is 5.69 Å². The van der Waals surface area contributed by atoms with E-state index < -0.39 is 0 Å². The van der Waals surface area contributed by atoms with Gasteiger partial charge in [-0.15, -0.1) is 0 Å². The lowest BCUT2D eigenvalue weighted by atomic mass is 10.3. The number of aryl methyl sites for hydroxylation is 1. The van der Waals surface area contributed by atoms with Crippen LogP contribution in [0.15, 0.2) is 22.7 Å². The van der Waals surface area contributed by atoms with Gasteiger partial charge in [-0.25, -0.2) is 4.98 Å². The molecule has 0 aliphatic heterocycles. The molecule has 0 aliphatic carbocycles. The van der Waals surface area contributed by atoms with E-state index in [2.05, 4.69) is 15.1 Å². The fourth-order valence-electron chi connectivity index (χ4n) is 1.24. The van der Waals surface area contributed by atoms with Crippen LogP contribution in [0.3, 0.4) is 0 Å². The van der Waals surface area contributed by atoms with Crippen molar-refractivity contribution in [2.75, 3.05) is 7.11 Å². The minimum Gasteiger partial charge on any atom is -0.378 e. The van der Waals surface area contributed by atoms with Gasteiger partial charge in [-0.3, -0.25) is 0 Å². The van der Waals surface area contributed by atoms with Crippen molar-refractivity contribution in [3.63, 3.8) is 0 Å². The first kappa shape index (κ1) is 9.79. The van der Waals surface area contributed by atoms with Gasteiger partial charge >= 0.3 is 0 Å². The molecule has 0 saturated carbocycles.